The van der Waals surface area contributed by atoms with Gasteiger partial charge in [0.15, 0.2) is 5.82 Å². The van der Waals surface area contributed by atoms with Gasteiger partial charge in [-0.25, -0.2) is 4.68 Å². The van der Waals surface area contributed by atoms with Gasteiger partial charge in [0.1, 0.15) is 23.7 Å². The van der Waals surface area contributed by atoms with E-state index in [9.17, 15) is 0 Å². The van der Waals surface area contributed by atoms with E-state index in [1.165, 1.54) is 23.8 Å². The zero-order chi connectivity index (χ0) is 16.4. The molecule has 4 rings (SSSR count). The molecule has 24 heavy (non-hydrogen) atoms. The normalized spacial score (nSPS) is 14.0. The van der Waals surface area contributed by atoms with Gasteiger partial charge in [0.25, 0.3) is 0 Å². The Labute approximate surface area is 140 Å². The molecule has 6 heteroatoms. The lowest BCUT2D eigenvalue weighted by Gasteiger charge is -2.09. The Morgan fingerprint density at radius 2 is 2.17 bits per heavy atom. The predicted molar refractivity (Wildman–Crippen MR) is 89.9 cm³/mol. The third-order valence-corrected chi connectivity index (χ3v) is 4.62. The van der Waals surface area contributed by atoms with Crippen LogP contribution in [0.25, 0.3) is 11.0 Å². The number of hydrogen-bond acceptors (Lipinski definition) is 5. The zero-order valence-electron chi connectivity index (χ0n) is 14.0. The number of aromatic nitrogens is 4. The van der Waals surface area contributed by atoms with Crippen molar-refractivity contribution in [3.8, 4) is 5.75 Å². The summed E-state index contributed by atoms with van der Waals surface area (Å²) in [7, 11) is 0. The van der Waals surface area contributed by atoms with E-state index in [1.54, 1.807) is 0 Å². The van der Waals surface area contributed by atoms with E-state index in [-0.39, 0.29) is 0 Å². The fourth-order valence-corrected chi connectivity index (χ4v) is 3.29. The summed E-state index contributed by atoms with van der Waals surface area (Å²) in [5, 5.41) is 13.0. The number of furan rings is 1. The van der Waals surface area contributed by atoms with Gasteiger partial charge in [0.2, 0.25) is 0 Å². The van der Waals surface area contributed by atoms with Crippen molar-refractivity contribution in [2.45, 2.75) is 58.6 Å². The van der Waals surface area contributed by atoms with Crippen molar-refractivity contribution in [1.82, 2.24) is 20.2 Å². The fraction of sp³-hybridized carbons (Fsp3) is 0.500. The van der Waals surface area contributed by atoms with Crippen LogP contribution in [-0.2, 0) is 26.0 Å². The summed E-state index contributed by atoms with van der Waals surface area (Å²) in [6, 6.07) is 6.05. The third kappa shape index (κ3) is 2.88. The summed E-state index contributed by atoms with van der Waals surface area (Å²) in [6.07, 6.45) is 6.77. The van der Waals surface area contributed by atoms with Crippen LogP contribution in [0.2, 0.25) is 0 Å². The van der Waals surface area contributed by atoms with E-state index in [1.807, 2.05) is 16.8 Å². The minimum atomic E-state index is 0.377. The number of rotatable bonds is 6. The number of nitrogens with zero attached hydrogens (tertiary/aromatic N) is 4. The summed E-state index contributed by atoms with van der Waals surface area (Å²) in [5.74, 6) is 2.75. The van der Waals surface area contributed by atoms with Gasteiger partial charge in [-0.3, -0.25) is 0 Å². The van der Waals surface area contributed by atoms with Crippen LogP contribution in [0.4, 0.5) is 0 Å². The van der Waals surface area contributed by atoms with Gasteiger partial charge >= 0.3 is 0 Å². The molecule has 0 unspecified atom stereocenters. The maximum absolute atomic E-state index is 5.97. The van der Waals surface area contributed by atoms with Crippen LogP contribution in [0, 0.1) is 0 Å². The number of hydrogen-bond donors (Lipinski definition) is 0. The van der Waals surface area contributed by atoms with E-state index >= 15 is 0 Å². The fourth-order valence-electron chi connectivity index (χ4n) is 3.29. The molecule has 0 atom stereocenters. The standard InChI is InChI=1S/C18H22N4O2/c1-2-3-10-22-18(19-20-21-22)12-23-13-8-9-17-15(11-13)14-6-4-5-7-16(14)24-17/h8-9,11H,2-7,10,12H2,1H3. The zero-order valence-corrected chi connectivity index (χ0v) is 14.0. The number of aryl methyl sites for hydroxylation is 3. The average Bonchev–Trinajstić information content (AvgIpc) is 3.21. The topological polar surface area (TPSA) is 66.0 Å². The van der Waals surface area contributed by atoms with E-state index in [2.05, 4.69) is 28.5 Å². The number of tetrazole rings is 1. The molecule has 6 nitrogen and oxygen atoms in total. The van der Waals surface area contributed by atoms with Crippen molar-refractivity contribution in [2.24, 2.45) is 0 Å². The maximum atomic E-state index is 5.97. The average molecular weight is 326 g/mol. The Kier molecular flexibility index (Phi) is 4.19. The summed E-state index contributed by atoms with van der Waals surface area (Å²) in [4.78, 5) is 0. The van der Waals surface area contributed by atoms with Crippen molar-refractivity contribution in [2.75, 3.05) is 0 Å². The first-order valence-corrected chi connectivity index (χ1v) is 8.77. The summed E-state index contributed by atoms with van der Waals surface area (Å²) >= 11 is 0. The quantitative estimate of drug-likeness (QED) is 0.691. The molecule has 0 amide bonds. The number of ether oxygens (including phenoxy) is 1. The number of benzene rings is 1. The van der Waals surface area contributed by atoms with E-state index in [0.717, 1.165) is 55.1 Å². The van der Waals surface area contributed by atoms with Gasteiger partial charge in [-0.1, -0.05) is 13.3 Å². The molecular weight excluding hydrogens is 304 g/mol. The molecule has 0 radical (unpaired) electrons. The number of unbranched alkanes of at least 4 members (excludes halogenated alkanes) is 1. The molecule has 0 aliphatic heterocycles. The molecule has 0 saturated heterocycles. The third-order valence-electron chi connectivity index (χ3n) is 4.62. The molecule has 126 valence electrons. The monoisotopic (exact) mass is 326 g/mol. The first-order valence-electron chi connectivity index (χ1n) is 8.77. The molecule has 1 aromatic carbocycles. The highest BCUT2D eigenvalue weighted by Crippen LogP contribution is 2.34. The summed E-state index contributed by atoms with van der Waals surface area (Å²) in [5.41, 5.74) is 2.32. The highest BCUT2D eigenvalue weighted by atomic mass is 16.5. The summed E-state index contributed by atoms with van der Waals surface area (Å²) < 4.78 is 13.7. The van der Waals surface area contributed by atoms with Crippen LogP contribution in [0.1, 0.15) is 49.8 Å². The lowest BCUT2D eigenvalue weighted by atomic mass is 9.96. The molecular formula is C18H22N4O2. The second-order valence-corrected chi connectivity index (χ2v) is 6.33. The van der Waals surface area contributed by atoms with Crippen molar-refractivity contribution in [3.63, 3.8) is 0 Å². The van der Waals surface area contributed by atoms with Crippen LogP contribution in [-0.4, -0.2) is 20.2 Å². The Balaban J connectivity index is 1.52. The van der Waals surface area contributed by atoms with Gasteiger partial charge in [0, 0.05) is 23.9 Å². The molecule has 0 fully saturated rings. The van der Waals surface area contributed by atoms with Crippen LogP contribution >= 0.6 is 0 Å². The van der Waals surface area contributed by atoms with Crippen LogP contribution in [0.5, 0.6) is 5.75 Å². The van der Waals surface area contributed by atoms with Gasteiger partial charge in [-0.15, -0.1) is 5.10 Å². The van der Waals surface area contributed by atoms with Crippen LogP contribution in [0.15, 0.2) is 22.6 Å². The summed E-state index contributed by atoms with van der Waals surface area (Å²) in [6.45, 7) is 3.36. The first-order chi connectivity index (χ1) is 11.8. The smallest absolute Gasteiger partial charge is 0.189 e. The Morgan fingerprint density at radius 1 is 1.25 bits per heavy atom. The minimum absolute atomic E-state index is 0.377. The maximum Gasteiger partial charge on any atom is 0.189 e. The molecule has 2 heterocycles. The van der Waals surface area contributed by atoms with Gasteiger partial charge in [-0.2, -0.15) is 0 Å². The SMILES string of the molecule is CCCCn1nnnc1COc1ccc2oc3c(c2c1)CCCC3. The molecule has 3 aromatic rings. The predicted octanol–water partition coefficient (Wildman–Crippen LogP) is 3.68. The lowest BCUT2D eigenvalue weighted by molar-refractivity contribution is 0.286. The highest BCUT2D eigenvalue weighted by Gasteiger charge is 2.18. The van der Waals surface area contributed by atoms with Crippen molar-refractivity contribution < 1.29 is 9.15 Å². The molecule has 0 N–H and O–H groups in total. The Hall–Kier alpha value is -2.37. The second-order valence-electron chi connectivity index (χ2n) is 6.33. The lowest BCUT2D eigenvalue weighted by Crippen LogP contribution is -2.09. The minimum Gasteiger partial charge on any atom is -0.486 e. The van der Waals surface area contributed by atoms with E-state index in [0.29, 0.717) is 6.61 Å². The van der Waals surface area contributed by atoms with Gasteiger partial charge in [-0.05, 0) is 54.3 Å². The van der Waals surface area contributed by atoms with Crippen molar-refractivity contribution in [1.29, 1.82) is 0 Å². The second kappa shape index (κ2) is 6.63. The number of fused-ring (bicyclic) bond motifs is 3. The molecule has 2 aromatic heterocycles. The Bertz CT molecular complexity index is 837. The first kappa shape index (κ1) is 15.2. The van der Waals surface area contributed by atoms with Crippen LogP contribution in [0.3, 0.4) is 0 Å². The largest absolute Gasteiger partial charge is 0.486 e. The van der Waals surface area contributed by atoms with Crippen molar-refractivity contribution in [3.05, 3.63) is 35.3 Å². The molecule has 1 aliphatic carbocycles. The van der Waals surface area contributed by atoms with Crippen LogP contribution < -0.4 is 4.74 Å². The van der Waals surface area contributed by atoms with E-state index < -0.39 is 0 Å². The molecule has 0 spiro atoms. The Morgan fingerprint density at radius 3 is 3.08 bits per heavy atom. The van der Waals surface area contributed by atoms with Gasteiger partial charge < -0.3 is 9.15 Å². The van der Waals surface area contributed by atoms with Gasteiger partial charge in [0.05, 0.1) is 0 Å². The van der Waals surface area contributed by atoms with Crippen molar-refractivity contribution >= 4 is 11.0 Å². The van der Waals surface area contributed by atoms with E-state index in [4.69, 9.17) is 9.15 Å². The molecule has 0 saturated carbocycles. The molecule has 1 aliphatic rings. The molecule has 0 bridgehead atoms. The highest BCUT2D eigenvalue weighted by molar-refractivity contribution is 5.84.